The van der Waals surface area contributed by atoms with Gasteiger partial charge in [0, 0.05) is 11.6 Å². The molecule has 1 aliphatic rings. The Balaban J connectivity index is 1.63. The average molecular weight is 383 g/mol. The van der Waals surface area contributed by atoms with Gasteiger partial charge in [-0.1, -0.05) is 18.2 Å². The number of para-hydroxylation sites is 1. The third-order valence-electron chi connectivity index (χ3n) is 4.62. The maximum absolute atomic E-state index is 12.7. The number of carbonyl (C=O) groups excluding carboxylic acids is 1. The summed E-state index contributed by atoms with van der Waals surface area (Å²) in [5.74, 6) is -0.309. The van der Waals surface area contributed by atoms with Crippen molar-refractivity contribution in [1.82, 2.24) is 14.9 Å². The number of hydrogen-bond donors (Lipinski definition) is 1. The Kier molecular flexibility index (Phi) is 4.27. The van der Waals surface area contributed by atoms with Crippen LogP contribution in [-0.4, -0.2) is 41.4 Å². The number of hydrogen-bond acceptors (Lipinski definition) is 5. The third kappa shape index (κ3) is 3.48. The van der Waals surface area contributed by atoms with E-state index in [9.17, 15) is 18.0 Å². The standard InChI is InChI=1S/C19H17N3O4S/c23-18(21-14-8-9-27(25,26)11-14)13-6-7-16-17(10-13)20-12-22(19(16)24)15-4-2-1-3-5-15/h1-7,10,12,14H,8-9,11H2,(H,21,23)/t14-/m1/s1. The zero-order valence-corrected chi connectivity index (χ0v) is 15.1. The van der Waals surface area contributed by atoms with E-state index in [1.807, 2.05) is 30.3 Å². The molecule has 0 spiro atoms. The Morgan fingerprint density at radius 2 is 1.93 bits per heavy atom. The Hall–Kier alpha value is -3.00. The van der Waals surface area contributed by atoms with Crippen molar-refractivity contribution in [3.05, 3.63) is 70.8 Å². The largest absolute Gasteiger partial charge is 0.348 e. The van der Waals surface area contributed by atoms with E-state index in [0.717, 1.165) is 0 Å². The van der Waals surface area contributed by atoms with Crippen LogP contribution in [0.15, 0.2) is 59.7 Å². The van der Waals surface area contributed by atoms with E-state index in [-0.39, 0.29) is 29.0 Å². The lowest BCUT2D eigenvalue weighted by molar-refractivity contribution is 0.0941. The van der Waals surface area contributed by atoms with Gasteiger partial charge in [0.25, 0.3) is 11.5 Å². The molecule has 8 heteroatoms. The maximum atomic E-state index is 12.7. The van der Waals surface area contributed by atoms with Crippen LogP contribution in [0.5, 0.6) is 0 Å². The van der Waals surface area contributed by atoms with Crippen LogP contribution in [0.25, 0.3) is 16.6 Å². The second kappa shape index (κ2) is 6.62. The molecule has 138 valence electrons. The number of nitrogens with one attached hydrogen (secondary N) is 1. The number of benzene rings is 2. The predicted molar refractivity (Wildman–Crippen MR) is 102 cm³/mol. The number of aromatic nitrogens is 2. The highest BCUT2D eigenvalue weighted by Gasteiger charge is 2.29. The summed E-state index contributed by atoms with van der Waals surface area (Å²) < 4.78 is 24.5. The topological polar surface area (TPSA) is 98.1 Å². The van der Waals surface area contributed by atoms with Gasteiger partial charge in [0.15, 0.2) is 9.84 Å². The van der Waals surface area contributed by atoms with Crippen molar-refractivity contribution in [3.63, 3.8) is 0 Å². The second-order valence-corrected chi connectivity index (χ2v) is 8.79. The van der Waals surface area contributed by atoms with Gasteiger partial charge in [0.2, 0.25) is 0 Å². The van der Waals surface area contributed by atoms with E-state index < -0.39 is 9.84 Å². The molecule has 1 saturated heterocycles. The van der Waals surface area contributed by atoms with Crippen LogP contribution >= 0.6 is 0 Å². The zero-order chi connectivity index (χ0) is 19.0. The molecule has 1 fully saturated rings. The van der Waals surface area contributed by atoms with Crippen molar-refractivity contribution in [2.45, 2.75) is 12.5 Å². The smallest absolute Gasteiger partial charge is 0.265 e. The summed E-state index contributed by atoms with van der Waals surface area (Å²) in [4.78, 5) is 29.4. The summed E-state index contributed by atoms with van der Waals surface area (Å²) in [6.07, 6.45) is 1.85. The average Bonchev–Trinajstić information content (AvgIpc) is 3.00. The minimum Gasteiger partial charge on any atom is -0.348 e. The minimum absolute atomic E-state index is 0.0354. The number of fused-ring (bicyclic) bond motifs is 1. The first kappa shape index (κ1) is 17.4. The summed E-state index contributed by atoms with van der Waals surface area (Å²) in [5.41, 5.74) is 1.25. The Morgan fingerprint density at radius 1 is 1.15 bits per heavy atom. The molecule has 2 heterocycles. The fraction of sp³-hybridized carbons (Fsp3) is 0.211. The molecular formula is C19H17N3O4S. The van der Waals surface area contributed by atoms with Gasteiger partial charge in [-0.2, -0.15) is 0 Å². The molecule has 1 aliphatic heterocycles. The molecular weight excluding hydrogens is 366 g/mol. The van der Waals surface area contributed by atoms with Crippen LogP contribution in [0, 0.1) is 0 Å². The van der Waals surface area contributed by atoms with E-state index in [4.69, 9.17) is 0 Å². The summed E-state index contributed by atoms with van der Waals surface area (Å²) in [6, 6.07) is 13.5. The number of sulfone groups is 1. The molecule has 3 aromatic rings. The van der Waals surface area contributed by atoms with Gasteiger partial charge in [0.05, 0.1) is 28.1 Å². The van der Waals surface area contributed by atoms with Crippen LogP contribution in [0.3, 0.4) is 0 Å². The summed E-state index contributed by atoms with van der Waals surface area (Å²) in [6.45, 7) is 0. The predicted octanol–water partition coefficient (Wildman–Crippen LogP) is 1.30. The van der Waals surface area contributed by atoms with Crippen molar-refractivity contribution in [1.29, 1.82) is 0 Å². The number of nitrogens with zero attached hydrogens (tertiary/aromatic N) is 2. The minimum atomic E-state index is -3.07. The lowest BCUT2D eigenvalue weighted by Crippen LogP contribution is -2.35. The molecule has 0 aliphatic carbocycles. The van der Waals surface area contributed by atoms with E-state index in [1.165, 1.54) is 10.9 Å². The molecule has 0 saturated carbocycles. The molecule has 7 nitrogen and oxygen atoms in total. The number of carbonyl (C=O) groups is 1. The SMILES string of the molecule is O=C(N[C@@H]1CCS(=O)(=O)C1)c1ccc2c(=O)n(-c3ccccc3)cnc2c1. The van der Waals surface area contributed by atoms with Crippen LogP contribution in [0.1, 0.15) is 16.8 Å². The van der Waals surface area contributed by atoms with Crippen molar-refractivity contribution in [2.24, 2.45) is 0 Å². The van der Waals surface area contributed by atoms with Gasteiger partial charge in [-0.15, -0.1) is 0 Å². The molecule has 0 radical (unpaired) electrons. The number of amides is 1. The third-order valence-corrected chi connectivity index (χ3v) is 6.39. The van der Waals surface area contributed by atoms with Gasteiger partial charge in [-0.25, -0.2) is 13.4 Å². The van der Waals surface area contributed by atoms with E-state index in [1.54, 1.807) is 18.2 Å². The van der Waals surface area contributed by atoms with Crippen LogP contribution in [0.2, 0.25) is 0 Å². The van der Waals surface area contributed by atoms with Crippen molar-refractivity contribution < 1.29 is 13.2 Å². The van der Waals surface area contributed by atoms with Gasteiger partial charge in [0.1, 0.15) is 6.33 Å². The lowest BCUT2D eigenvalue weighted by Gasteiger charge is -2.11. The summed E-state index contributed by atoms with van der Waals surface area (Å²) >= 11 is 0. The van der Waals surface area contributed by atoms with Crippen LogP contribution < -0.4 is 10.9 Å². The molecule has 27 heavy (non-hydrogen) atoms. The molecule has 2 aromatic carbocycles. The van der Waals surface area contributed by atoms with E-state index in [0.29, 0.717) is 28.6 Å². The highest BCUT2D eigenvalue weighted by Crippen LogP contribution is 2.15. The normalized spacial score (nSPS) is 18.4. The molecule has 0 bridgehead atoms. The summed E-state index contributed by atoms with van der Waals surface area (Å²) in [5, 5.41) is 3.14. The van der Waals surface area contributed by atoms with Crippen molar-refractivity contribution >= 4 is 26.6 Å². The van der Waals surface area contributed by atoms with Crippen LogP contribution in [0.4, 0.5) is 0 Å². The maximum Gasteiger partial charge on any atom is 0.265 e. The first-order chi connectivity index (χ1) is 12.9. The molecule has 1 N–H and O–H groups in total. The van der Waals surface area contributed by atoms with Gasteiger partial charge in [-0.3, -0.25) is 14.2 Å². The highest BCUT2D eigenvalue weighted by molar-refractivity contribution is 7.91. The van der Waals surface area contributed by atoms with Crippen molar-refractivity contribution in [3.8, 4) is 5.69 Å². The van der Waals surface area contributed by atoms with Crippen molar-refractivity contribution in [2.75, 3.05) is 11.5 Å². The second-order valence-electron chi connectivity index (χ2n) is 6.56. The molecule has 1 atom stereocenters. The molecule has 1 amide bonds. The molecule has 1 aromatic heterocycles. The lowest BCUT2D eigenvalue weighted by atomic mass is 10.1. The molecule has 4 rings (SSSR count). The fourth-order valence-electron chi connectivity index (χ4n) is 3.21. The Bertz CT molecular complexity index is 1190. The van der Waals surface area contributed by atoms with Gasteiger partial charge >= 0.3 is 0 Å². The monoisotopic (exact) mass is 383 g/mol. The highest BCUT2D eigenvalue weighted by atomic mass is 32.2. The van der Waals surface area contributed by atoms with E-state index >= 15 is 0 Å². The fourth-order valence-corrected chi connectivity index (χ4v) is 4.89. The van der Waals surface area contributed by atoms with Gasteiger partial charge in [-0.05, 0) is 36.8 Å². The first-order valence-corrected chi connectivity index (χ1v) is 10.3. The summed E-state index contributed by atoms with van der Waals surface area (Å²) in [7, 11) is -3.07. The number of rotatable bonds is 3. The Labute approximate surface area is 155 Å². The first-order valence-electron chi connectivity index (χ1n) is 8.51. The van der Waals surface area contributed by atoms with Crippen LogP contribution in [-0.2, 0) is 9.84 Å². The van der Waals surface area contributed by atoms with E-state index in [2.05, 4.69) is 10.3 Å². The zero-order valence-electron chi connectivity index (χ0n) is 14.3. The quantitative estimate of drug-likeness (QED) is 0.735. The Morgan fingerprint density at radius 3 is 2.63 bits per heavy atom. The molecule has 0 unspecified atom stereocenters. The van der Waals surface area contributed by atoms with Gasteiger partial charge < -0.3 is 5.32 Å².